The fourth-order valence-electron chi connectivity index (χ4n) is 5.35. The number of carbonyl (C=O) groups is 3. The van der Waals surface area contributed by atoms with Crippen molar-refractivity contribution < 1.29 is 32.3 Å². The molecule has 1 heterocycles. The number of halogens is 2. The molecular formula is C33H38Cl2N4O7S. The molecule has 0 bridgehead atoms. The zero-order chi connectivity index (χ0) is 34.1. The molecule has 0 aromatic heterocycles. The van der Waals surface area contributed by atoms with Gasteiger partial charge in [-0.3, -0.25) is 23.6 Å². The van der Waals surface area contributed by atoms with Crippen LogP contribution in [0.4, 0.5) is 5.69 Å². The van der Waals surface area contributed by atoms with Gasteiger partial charge in [0.1, 0.15) is 18.2 Å². The number of hydrogen-bond acceptors (Lipinski definition) is 8. The Morgan fingerprint density at radius 1 is 0.979 bits per heavy atom. The van der Waals surface area contributed by atoms with Crippen LogP contribution in [0.2, 0.25) is 10.0 Å². The smallest absolute Gasteiger partial charge is 0.315 e. The summed E-state index contributed by atoms with van der Waals surface area (Å²) in [7, 11) is -2.46. The second-order valence-electron chi connectivity index (χ2n) is 11.0. The van der Waals surface area contributed by atoms with Gasteiger partial charge in [0.2, 0.25) is 21.8 Å². The molecule has 1 atom stereocenters. The molecule has 0 radical (unpaired) electrons. The van der Waals surface area contributed by atoms with E-state index in [-0.39, 0.29) is 19.2 Å². The van der Waals surface area contributed by atoms with Gasteiger partial charge in [-0.25, -0.2) is 8.42 Å². The van der Waals surface area contributed by atoms with Gasteiger partial charge < -0.3 is 20.1 Å². The highest BCUT2D eigenvalue weighted by molar-refractivity contribution is 7.92. The lowest BCUT2D eigenvalue weighted by molar-refractivity contribution is -0.146. The third-order valence-electron chi connectivity index (χ3n) is 7.61. The number of esters is 1. The van der Waals surface area contributed by atoms with Crippen molar-refractivity contribution in [2.75, 3.05) is 43.4 Å². The van der Waals surface area contributed by atoms with Gasteiger partial charge in [0.05, 0.1) is 37.2 Å². The third-order valence-corrected chi connectivity index (χ3v) is 9.94. The number of carbonyl (C=O) groups excluding carboxylic acids is 3. The van der Waals surface area contributed by atoms with E-state index in [1.54, 1.807) is 31.2 Å². The summed E-state index contributed by atoms with van der Waals surface area (Å²) < 4.78 is 39.4. The fraction of sp³-hybridized carbons (Fsp3) is 0.364. The van der Waals surface area contributed by atoms with Crippen LogP contribution < -0.4 is 19.7 Å². The SMILES string of the molecule is CCOC(=O)CC(=O)NC(C)C(=O)NCCS(=O)(=O)N(c1cccc(OC)c1)C1CN(C(c2ccc(Cl)cc2)c2ccc(Cl)cc2)C1. The summed E-state index contributed by atoms with van der Waals surface area (Å²) in [5, 5.41) is 6.21. The number of rotatable bonds is 15. The Balaban J connectivity index is 1.48. The molecule has 3 aromatic carbocycles. The molecule has 14 heteroatoms. The van der Waals surface area contributed by atoms with Gasteiger partial charge in [0.15, 0.2) is 0 Å². The van der Waals surface area contributed by atoms with Crippen molar-refractivity contribution >= 4 is 56.7 Å². The molecule has 4 rings (SSSR count). The van der Waals surface area contributed by atoms with Crippen LogP contribution in [0.25, 0.3) is 0 Å². The van der Waals surface area contributed by atoms with E-state index in [1.165, 1.54) is 18.3 Å². The van der Waals surface area contributed by atoms with Gasteiger partial charge in [-0.15, -0.1) is 0 Å². The molecule has 2 amide bonds. The van der Waals surface area contributed by atoms with Gasteiger partial charge in [-0.1, -0.05) is 53.5 Å². The van der Waals surface area contributed by atoms with Crippen LogP contribution in [0.3, 0.4) is 0 Å². The average Bonchev–Trinajstić information content (AvgIpc) is 3.01. The molecule has 1 aliphatic heterocycles. The number of methoxy groups -OCH3 is 1. The van der Waals surface area contributed by atoms with Crippen LogP contribution in [0.5, 0.6) is 5.75 Å². The van der Waals surface area contributed by atoms with Crippen LogP contribution in [0.15, 0.2) is 72.8 Å². The highest BCUT2D eigenvalue weighted by Crippen LogP contribution is 2.37. The van der Waals surface area contributed by atoms with Crippen molar-refractivity contribution in [3.63, 3.8) is 0 Å². The van der Waals surface area contributed by atoms with E-state index >= 15 is 0 Å². The molecule has 2 N–H and O–H groups in total. The number of sulfonamides is 1. The molecule has 1 unspecified atom stereocenters. The third kappa shape index (κ3) is 9.60. The molecule has 1 aliphatic rings. The van der Waals surface area contributed by atoms with Crippen LogP contribution in [-0.2, 0) is 29.1 Å². The Bertz CT molecular complexity index is 1600. The first kappa shape index (κ1) is 36.0. The Morgan fingerprint density at radius 3 is 2.13 bits per heavy atom. The number of nitrogens with zero attached hydrogens (tertiary/aromatic N) is 2. The van der Waals surface area contributed by atoms with E-state index in [9.17, 15) is 22.8 Å². The lowest BCUT2D eigenvalue weighted by Gasteiger charge is -2.49. The van der Waals surface area contributed by atoms with E-state index in [1.807, 2.05) is 48.5 Å². The van der Waals surface area contributed by atoms with Gasteiger partial charge in [-0.2, -0.15) is 0 Å². The Hall–Kier alpha value is -3.84. The summed E-state index contributed by atoms with van der Waals surface area (Å²) in [6.07, 6.45) is -0.523. The quantitative estimate of drug-likeness (QED) is 0.178. The summed E-state index contributed by atoms with van der Waals surface area (Å²) in [5.74, 6) is -1.86. The topological polar surface area (TPSA) is 134 Å². The van der Waals surface area contributed by atoms with Crippen LogP contribution in [-0.4, -0.2) is 82.3 Å². The minimum absolute atomic E-state index is 0.133. The lowest BCUT2D eigenvalue weighted by atomic mass is 9.93. The number of nitrogens with one attached hydrogen (secondary N) is 2. The number of anilines is 1. The number of benzene rings is 3. The van der Waals surface area contributed by atoms with Crippen molar-refractivity contribution in [3.8, 4) is 5.75 Å². The van der Waals surface area contributed by atoms with Crippen molar-refractivity contribution in [2.24, 2.45) is 0 Å². The summed E-state index contributed by atoms with van der Waals surface area (Å²) in [6.45, 7) is 3.83. The molecule has 0 saturated carbocycles. The first-order chi connectivity index (χ1) is 22.4. The predicted molar refractivity (Wildman–Crippen MR) is 181 cm³/mol. The molecule has 0 aliphatic carbocycles. The minimum atomic E-state index is -3.96. The Kier molecular flexibility index (Phi) is 12.5. The van der Waals surface area contributed by atoms with E-state index in [2.05, 4.69) is 15.5 Å². The summed E-state index contributed by atoms with van der Waals surface area (Å²) >= 11 is 12.3. The summed E-state index contributed by atoms with van der Waals surface area (Å²) in [4.78, 5) is 38.4. The largest absolute Gasteiger partial charge is 0.497 e. The zero-order valence-electron chi connectivity index (χ0n) is 26.3. The average molecular weight is 706 g/mol. The van der Waals surface area contributed by atoms with Crippen LogP contribution >= 0.6 is 23.2 Å². The van der Waals surface area contributed by atoms with E-state index in [0.29, 0.717) is 34.6 Å². The second kappa shape index (κ2) is 16.3. The Morgan fingerprint density at radius 2 is 1.57 bits per heavy atom. The van der Waals surface area contributed by atoms with Gasteiger partial charge in [0.25, 0.3) is 0 Å². The monoisotopic (exact) mass is 704 g/mol. The summed E-state index contributed by atoms with van der Waals surface area (Å²) in [6, 6.07) is 20.4. The van der Waals surface area contributed by atoms with E-state index in [4.69, 9.17) is 32.7 Å². The van der Waals surface area contributed by atoms with Crippen LogP contribution in [0, 0.1) is 0 Å². The molecule has 252 valence electrons. The van der Waals surface area contributed by atoms with Gasteiger partial charge in [0, 0.05) is 35.7 Å². The maximum absolute atomic E-state index is 13.9. The first-order valence-corrected chi connectivity index (χ1v) is 17.4. The predicted octanol–water partition coefficient (Wildman–Crippen LogP) is 4.19. The van der Waals surface area contributed by atoms with Crippen molar-refractivity contribution in [1.29, 1.82) is 0 Å². The van der Waals surface area contributed by atoms with Crippen molar-refractivity contribution in [2.45, 2.75) is 38.4 Å². The van der Waals surface area contributed by atoms with E-state index < -0.39 is 52.1 Å². The fourth-order valence-corrected chi connectivity index (χ4v) is 7.18. The first-order valence-electron chi connectivity index (χ1n) is 15.1. The molecule has 1 saturated heterocycles. The van der Waals surface area contributed by atoms with Crippen molar-refractivity contribution in [3.05, 3.63) is 94.0 Å². The Labute approximate surface area is 285 Å². The molecule has 11 nitrogen and oxygen atoms in total. The lowest BCUT2D eigenvalue weighted by Crippen LogP contribution is -2.62. The number of amides is 2. The van der Waals surface area contributed by atoms with Crippen LogP contribution in [0.1, 0.15) is 37.4 Å². The number of ether oxygens (including phenoxy) is 2. The summed E-state index contributed by atoms with van der Waals surface area (Å²) in [5.41, 5.74) is 2.43. The molecule has 47 heavy (non-hydrogen) atoms. The number of hydrogen-bond donors (Lipinski definition) is 2. The highest BCUT2D eigenvalue weighted by Gasteiger charge is 2.42. The van der Waals surface area contributed by atoms with Gasteiger partial charge >= 0.3 is 5.97 Å². The van der Waals surface area contributed by atoms with E-state index in [0.717, 1.165) is 11.1 Å². The van der Waals surface area contributed by atoms with Crippen molar-refractivity contribution in [1.82, 2.24) is 15.5 Å². The molecule has 3 aromatic rings. The molecule has 0 spiro atoms. The zero-order valence-corrected chi connectivity index (χ0v) is 28.6. The van der Waals surface area contributed by atoms with Gasteiger partial charge in [-0.05, 0) is 61.4 Å². The number of likely N-dealkylation sites (tertiary alicyclic amines) is 1. The molecular weight excluding hydrogens is 667 g/mol. The normalized spacial score (nSPS) is 14.2. The second-order valence-corrected chi connectivity index (χ2v) is 13.8. The maximum Gasteiger partial charge on any atom is 0.315 e. The maximum atomic E-state index is 13.9. The highest BCUT2D eigenvalue weighted by atomic mass is 35.5. The molecule has 1 fully saturated rings. The standard InChI is InChI=1S/C33H38Cl2N4O7S/c1-4-46-31(41)19-30(40)37-22(2)33(42)36-16-17-47(43,44)39(27-6-5-7-29(18-27)45-3)28-20-38(21-28)32(23-8-12-25(34)13-9-23)24-10-14-26(35)15-11-24/h5-15,18,22,28,32H,4,16-17,19-21H2,1-3H3,(H,36,42)(H,37,40). The minimum Gasteiger partial charge on any atom is -0.497 e.